The fourth-order valence-corrected chi connectivity index (χ4v) is 2.03. The third-order valence-electron chi connectivity index (χ3n) is 2.22. The third-order valence-corrected chi connectivity index (χ3v) is 3.51. The van der Waals surface area contributed by atoms with E-state index in [1.165, 1.54) is 4.90 Å². The number of hydrogen-bond acceptors (Lipinski definition) is 3. The van der Waals surface area contributed by atoms with Gasteiger partial charge in [-0.15, -0.1) is 22.9 Å². The van der Waals surface area contributed by atoms with Crippen molar-refractivity contribution in [3.05, 3.63) is 22.4 Å². The average molecular weight is 261 g/mol. The summed E-state index contributed by atoms with van der Waals surface area (Å²) >= 11 is 6.87. The van der Waals surface area contributed by atoms with Gasteiger partial charge in [0, 0.05) is 11.9 Å². The fraction of sp³-hybridized carbons (Fsp3) is 0.400. The highest BCUT2D eigenvalue weighted by molar-refractivity contribution is 7.10. The van der Waals surface area contributed by atoms with Crippen LogP contribution >= 0.6 is 22.9 Å². The maximum Gasteiger partial charge on any atom is 0.324 e. The topological polar surface area (TPSA) is 49.4 Å². The lowest BCUT2D eigenvalue weighted by molar-refractivity contribution is -0.117. The normalized spacial score (nSPS) is 11.9. The summed E-state index contributed by atoms with van der Waals surface area (Å²) in [4.78, 5) is 25.1. The molecule has 16 heavy (non-hydrogen) atoms. The minimum atomic E-state index is -0.489. The van der Waals surface area contributed by atoms with Crippen LogP contribution in [0, 0.1) is 0 Å². The molecule has 1 atom stereocenters. The summed E-state index contributed by atoms with van der Waals surface area (Å²) in [6.45, 7) is 1.90. The molecule has 1 rings (SSSR count). The number of alkyl halides is 1. The van der Waals surface area contributed by atoms with Crippen LogP contribution in [0.3, 0.4) is 0 Å². The van der Waals surface area contributed by atoms with E-state index in [4.69, 9.17) is 11.6 Å². The maximum atomic E-state index is 11.6. The zero-order chi connectivity index (χ0) is 12.1. The number of rotatable bonds is 3. The van der Waals surface area contributed by atoms with Crippen molar-refractivity contribution >= 4 is 34.9 Å². The average Bonchev–Trinajstić information content (AvgIpc) is 2.80. The molecule has 0 radical (unpaired) electrons. The number of hydrogen-bond donors (Lipinski definition) is 1. The van der Waals surface area contributed by atoms with Crippen LogP contribution < -0.4 is 5.32 Å². The molecule has 0 fully saturated rings. The van der Waals surface area contributed by atoms with E-state index in [1.807, 2.05) is 24.4 Å². The van der Waals surface area contributed by atoms with Crippen LogP contribution in [0.25, 0.3) is 0 Å². The molecule has 0 bridgehead atoms. The fourth-order valence-electron chi connectivity index (χ4n) is 1.14. The predicted octanol–water partition coefficient (Wildman–Crippen LogP) is 2.22. The number of imide groups is 1. The first-order valence-corrected chi connectivity index (χ1v) is 6.13. The van der Waals surface area contributed by atoms with E-state index < -0.39 is 11.9 Å². The molecule has 1 N–H and O–H groups in total. The summed E-state index contributed by atoms with van der Waals surface area (Å²) in [7, 11) is 1.64. The Hall–Kier alpha value is -1.07. The van der Waals surface area contributed by atoms with Crippen LogP contribution in [-0.2, 0) is 4.79 Å². The molecular formula is C10H13ClN2O2S. The molecule has 0 aromatic carbocycles. The lowest BCUT2D eigenvalue weighted by atomic mass is 10.2. The van der Waals surface area contributed by atoms with Crippen LogP contribution in [-0.4, -0.2) is 29.8 Å². The first-order chi connectivity index (χ1) is 7.56. The molecule has 0 aliphatic rings. The van der Waals surface area contributed by atoms with E-state index in [0.717, 1.165) is 4.88 Å². The molecule has 6 heteroatoms. The molecule has 0 aliphatic heterocycles. The van der Waals surface area contributed by atoms with Gasteiger partial charge in [-0.05, 0) is 18.4 Å². The van der Waals surface area contributed by atoms with Crippen molar-refractivity contribution in [2.75, 3.05) is 12.9 Å². The van der Waals surface area contributed by atoms with Crippen LogP contribution in [0.2, 0.25) is 0 Å². The van der Waals surface area contributed by atoms with Crippen molar-refractivity contribution in [2.45, 2.75) is 13.0 Å². The van der Waals surface area contributed by atoms with Crippen molar-refractivity contribution in [3.8, 4) is 0 Å². The van der Waals surface area contributed by atoms with Gasteiger partial charge in [0.25, 0.3) is 0 Å². The molecule has 4 nitrogen and oxygen atoms in total. The number of nitrogens with zero attached hydrogens (tertiary/aromatic N) is 1. The van der Waals surface area contributed by atoms with Gasteiger partial charge in [-0.2, -0.15) is 0 Å². The number of halogens is 1. The quantitative estimate of drug-likeness (QED) is 0.848. The Kier molecular flexibility index (Phi) is 4.76. The maximum absolute atomic E-state index is 11.6. The minimum Gasteiger partial charge on any atom is -0.320 e. The van der Waals surface area contributed by atoms with Gasteiger partial charge in [-0.3, -0.25) is 10.1 Å². The van der Waals surface area contributed by atoms with E-state index in [9.17, 15) is 9.59 Å². The number of thiophene rings is 1. The van der Waals surface area contributed by atoms with Crippen LogP contribution in [0.5, 0.6) is 0 Å². The second kappa shape index (κ2) is 5.86. The van der Waals surface area contributed by atoms with Crippen molar-refractivity contribution in [2.24, 2.45) is 0 Å². The first kappa shape index (κ1) is 13.0. The Labute approximate surface area is 103 Å². The molecule has 1 unspecified atom stereocenters. The van der Waals surface area contributed by atoms with E-state index in [0.29, 0.717) is 0 Å². The zero-order valence-corrected chi connectivity index (χ0v) is 10.6. The van der Waals surface area contributed by atoms with Gasteiger partial charge >= 0.3 is 6.03 Å². The predicted molar refractivity (Wildman–Crippen MR) is 64.8 cm³/mol. The second-order valence-corrected chi connectivity index (χ2v) is 4.54. The number of amides is 3. The molecule has 1 aromatic rings. The van der Waals surface area contributed by atoms with Gasteiger partial charge in [0.15, 0.2) is 0 Å². The molecule has 0 saturated carbocycles. The Balaban J connectivity index is 2.60. The Morgan fingerprint density at radius 3 is 2.81 bits per heavy atom. The minimum absolute atomic E-state index is 0.0666. The lowest BCUT2D eigenvalue weighted by Crippen LogP contribution is -2.42. The number of carbonyl (C=O) groups is 2. The number of nitrogens with one attached hydrogen (secondary N) is 1. The van der Waals surface area contributed by atoms with E-state index in [1.54, 1.807) is 18.4 Å². The van der Waals surface area contributed by atoms with Gasteiger partial charge < -0.3 is 4.90 Å². The SMILES string of the molecule is CC(c1cccs1)N(C)C(=O)NC(=O)CCl. The molecular weight excluding hydrogens is 248 g/mol. The van der Waals surface area contributed by atoms with Gasteiger partial charge in [-0.25, -0.2) is 4.79 Å². The third kappa shape index (κ3) is 3.21. The highest BCUT2D eigenvalue weighted by Gasteiger charge is 2.19. The molecule has 1 aromatic heterocycles. The summed E-state index contributed by atoms with van der Waals surface area (Å²) in [6, 6.07) is 3.36. The summed E-state index contributed by atoms with van der Waals surface area (Å²) in [5.41, 5.74) is 0. The standard InChI is InChI=1S/C10H13ClN2O2S/c1-7(8-4-3-5-16-8)13(2)10(15)12-9(14)6-11/h3-5,7H,6H2,1-2H3,(H,12,14,15). The molecule has 0 aliphatic carbocycles. The van der Waals surface area contributed by atoms with Gasteiger partial charge in [0.05, 0.1) is 6.04 Å². The monoisotopic (exact) mass is 260 g/mol. The summed E-state index contributed by atoms with van der Waals surface area (Å²) < 4.78 is 0. The van der Waals surface area contributed by atoms with Gasteiger partial charge in [0.2, 0.25) is 5.91 Å². The van der Waals surface area contributed by atoms with Crippen molar-refractivity contribution in [3.63, 3.8) is 0 Å². The zero-order valence-electron chi connectivity index (χ0n) is 9.07. The Morgan fingerprint density at radius 2 is 2.31 bits per heavy atom. The summed E-state index contributed by atoms with van der Waals surface area (Å²) in [5, 5.41) is 4.14. The van der Waals surface area contributed by atoms with Crippen molar-refractivity contribution in [1.82, 2.24) is 10.2 Å². The molecule has 1 heterocycles. The van der Waals surface area contributed by atoms with Gasteiger partial charge in [0.1, 0.15) is 5.88 Å². The molecule has 0 saturated heterocycles. The van der Waals surface area contributed by atoms with Crippen molar-refractivity contribution < 1.29 is 9.59 Å². The lowest BCUT2D eigenvalue weighted by Gasteiger charge is -2.23. The highest BCUT2D eigenvalue weighted by atomic mass is 35.5. The van der Waals surface area contributed by atoms with Crippen LogP contribution in [0.4, 0.5) is 4.79 Å². The molecule has 3 amide bonds. The van der Waals surface area contributed by atoms with E-state index in [-0.39, 0.29) is 11.9 Å². The van der Waals surface area contributed by atoms with E-state index >= 15 is 0 Å². The number of carbonyl (C=O) groups excluding carboxylic acids is 2. The molecule has 0 spiro atoms. The van der Waals surface area contributed by atoms with Crippen molar-refractivity contribution in [1.29, 1.82) is 0 Å². The van der Waals surface area contributed by atoms with Gasteiger partial charge in [-0.1, -0.05) is 6.07 Å². The summed E-state index contributed by atoms with van der Waals surface area (Å²) in [6.07, 6.45) is 0. The largest absolute Gasteiger partial charge is 0.324 e. The number of urea groups is 1. The second-order valence-electron chi connectivity index (χ2n) is 3.29. The van der Waals surface area contributed by atoms with E-state index in [2.05, 4.69) is 5.32 Å². The first-order valence-electron chi connectivity index (χ1n) is 4.72. The molecule has 88 valence electrons. The Morgan fingerprint density at radius 1 is 1.62 bits per heavy atom. The Bertz CT molecular complexity index is 367. The van der Waals surface area contributed by atoms with Crippen LogP contribution in [0.15, 0.2) is 17.5 Å². The van der Waals surface area contributed by atoms with Crippen LogP contribution in [0.1, 0.15) is 17.8 Å². The smallest absolute Gasteiger partial charge is 0.320 e. The summed E-state index contributed by atoms with van der Waals surface area (Å²) in [5.74, 6) is -0.704. The highest BCUT2D eigenvalue weighted by Crippen LogP contribution is 2.23.